The Balaban J connectivity index is 2.62. The summed E-state index contributed by atoms with van der Waals surface area (Å²) in [6, 6.07) is 8.18. The molecule has 0 spiro atoms. The third kappa shape index (κ3) is 3.81. The highest BCUT2D eigenvalue weighted by Crippen LogP contribution is 2.19. The number of nitrogens with two attached hydrogens (primary N) is 1. The standard InChI is InChI=1S/C12H20N2O2/c1-15-8-7-11(14-13)9-10-5-3-4-6-12(10)16-2/h3-6,11,14H,7-9,13H2,1-2H3. The number of nitrogens with one attached hydrogen (secondary N) is 1. The van der Waals surface area contributed by atoms with Crippen LogP contribution in [0.5, 0.6) is 5.75 Å². The van der Waals surface area contributed by atoms with Crippen molar-refractivity contribution in [2.45, 2.75) is 18.9 Å². The number of para-hydroxylation sites is 1. The van der Waals surface area contributed by atoms with E-state index in [9.17, 15) is 0 Å². The zero-order valence-electron chi connectivity index (χ0n) is 9.90. The van der Waals surface area contributed by atoms with Crippen LogP contribution in [-0.2, 0) is 11.2 Å². The maximum Gasteiger partial charge on any atom is 0.122 e. The highest BCUT2D eigenvalue weighted by Gasteiger charge is 2.10. The fraction of sp³-hybridized carbons (Fsp3) is 0.500. The molecule has 0 aromatic heterocycles. The van der Waals surface area contributed by atoms with Crippen molar-refractivity contribution in [3.8, 4) is 5.75 Å². The van der Waals surface area contributed by atoms with Gasteiger partial charge in [-0.05, 0) is 24.5 Å². The average molecular weight is 224 g/mol. The summed E-state index contributed by atoms with van der Waals surface area (Å²) in [5, 5.41) is 0. The molecule has 1 aromatic carbocycles. The number of hydrazine groups is 1. The van der Waals surface area contributed by atoms with Crippen LogP contribution in [-0.4, -0.2) is 26.9 Å². The van der Waals surface area contributed by atoms with E-state index in [1.807, 2.05) is 18.2 Å². The van der Waals surface area contributed by atoms with E-state index in [-0.39, 0.29) is 6.04 Å². The molecule has 0 aliphatic rings. The molecular formula is C12H20N2O2. The lowest BCUT2D eigenvalue weighted by Crippen LogP contribution is -2.37. The summed E-state index contributed by atoms with van der Waals surface area (Å²) in [5.41, 5.74) is 3.96. The van der Waals surface area contributed by atoms with E-state index in [2.05, 4.69) is 11.5 Å². The number of benzene rings is 1. The molecule has 0 fully saturated rings. The minimum atomic E-state index is 0.205. The molecule has 0 saturated heterocycles. The number of rotatable bonds is 7. The lowest BCUT2D eigenvalue weighted by molar-refractivity contribution is 0.182. The SMILES string of the molecule is COCCC(Cc1ccccc1OC)NN. The van der Waals surface area contributed by atoms with Gasteiger partial charge >= 0.3 is 0 Å². The summed E-state index contributed by atoms with van der Waals surface area (Å²) in [7, 11) is 3.37. The van der Waals surface area contributed by atoms with Crippen molar-refractivity contribution in [3.63, 3.8) is 0 Å². The predicted octanol–water partition coefficient (Wildman–Crippen LogP) is 1.11. The fourth-order valence-corrected chi connectivity index (χ4v) is 1.64. The van der Waals surface area contributed by atoms with Crippen molar-refractivity contribution >= 4 is 0 Å². The van der Waals surface area contributed by atoms with E-state index in [1.165, 1.54) is 0 Å². The van der Waals surface area contributed by atoms with Crippen LogP contribution in [0, 0.1) is 0 Å². The number of methoxy groups -OCH3 is 2. The van der Waals surface area contributed by atoms with Crippen LogP contribution in [0.25, 0.3) is 0 Å². The molecular weight excluding hydrogens is 204 g/mol. The molecule has 0 heterocycles. The second-order valence-corrected chi connectivity index (χ2v) is 3.66. The maximum absolute atomic E-state index is 5.51. The van der Waals surface area contributed by atoms with Gasteiger partial charge in [0, 0.05) is 19.8 Å². The normalized spacial score (nSPS) is 12.4. The fourth-order valence-electron chi connectivity index (χ4n) is 1.64. The van der Waals surface area contributed by atoms with E-state index < -0.39 is 0 Å². The molecule has 4 heteroatoms. The van der Waals surface area contributed by atoms with Crippen molar-refractivity contribution in [2.75, 3.05) is 20.8 Å². The highest BCUT2D eigenvalue weighted by molar-refractivity contribution is 5.33. The van der Waals surface area contributed by atoms with Gasteiger partial charge in [0.25, 0.3) is 0 Å². The Bertz CT molecular complexity index is 305. The van der Waals surface area contributed by atoms with Crippen molar-refractivity contribution in [3.05, 3.63) is 29.8 Å². The molecule has 0 amide bonds. The average Bonchev–Trinajstić information content (AvgIpc) is 2.34. The summed E-state index contributed by atoms with van der Waals surface area (Å²) >= 11 is 0. The van der Waals surface area contributed by atoms with Crippen LogP contribution >= 0.6 is 0 Å². The van der Waals surface area contributed by atoms with Crippen molar-refractivity contribution < 1.29 is 9.47 Å². The van der Waals surface area contributed by atoms with Gasteiger partial charge in [0.05, 0.1) is 7.11 Å². The van der Waals surface area contributed by atoms with Crippen molar-refractivity contribution in [1.82, 2.24) is 5.43 Å². The third-order valence-corrected chi connectivity index (χ3v) is 2.56. The summed E-state index contributed by atoms with van der Waals surface area (Å²) in [6.45, 7) is 0.698. The molecule has 1 rings (SSSR count). The van der Waals surface area contributed by atoms with E-state index in [0.29, 0.717) is 6.61 Å². The molecule has 0 radical (unpaired) electrons. The summed E-state index contributed by atoms with van der Waals surface area (Å²) in [4.78, 5) is 0. The Labute approximate surface area is 96.7 Å². The van der Waals surface area contributed by atoms with E-state index in [1.54, 1.807) is 14.2 Å². The Hall–Kier alpha value is -1.10. The lowest BCUT2D eigenvalue weighted by Gasteiger charge is -2.17. The van der Waals surface area contributed by atoms with Gasteiger partial charge in [-0.3, -0.25) is 11.3 Å². The van der Waals surface area contributed by atoms with Gasteiger partial charge in [0.1, 0.15) is 5.75 Å². The molecule has 90 valence electrons. The predicted molar refractivity (Wildman–Crippen MR) is 64.3 cm³/mol. The van der Waals surface area contributed by atoms with Gasteiger partial charge in [0.2, 0.25) is 0 Å². The number of hydrogen-bond acceptors (Lipinski definition) is 4. The van der Waals surface area contributed by atoms with Gasteiger partial charge < -0.3 is 9.47 Å². The second-order valence-electron chi connectivity index (χ2n) is 3.66. The van der Waals surface area contributed by atoms with E-state index >= 15 is 0 Å². The summed E-state index contributed by atoms with van der Waals surface area (Å²) in [6.07, 6.45) is 1.72. The summed E-state index contributed by atoms with van der Waals surface area (Å²) < 4.78 is 10.3. The highest BCUT2D eigenvalue weighted by atomic mass is 16.5. The molecule has 0 bridgehead atoms. The molecule has 1 unspecified atom stereocenters. The minimum Gasteiger partial charge on any atom is -0.496 e. The zero-order chi connectivity index (χ0) is 11.8. The van der Waals surface area contributed by atoms with E-state index in [4.69, 9.17) is 15.3 Å². The smallest absolute Gasteiger partial charge is 0.122 e. The van der Waals surface area contributed by atoms with E-state index in [0.717, 1.165) is 24.2 Å². The van der Waals surface area contributed by atoms with Gasteiger partial charge in [-0.25, -0.2) is 0 Å². The monoisotopic (exact) mass is 224 g/mol. The second kappa shape index (κ2) is 7.22. The first-order valence-corrected chi connectivity index (χ1v) is 5.38. The molecule has 1 aromatic rings. The minimum absolute atomic E-state index is 0.205. The summed E-state index contributed by atoms with van der Waals surface area (Å²) in [5.74, 6) is 6.41. The van der Waals surface area contributed by atoms with Crippen LogP contribution in [0.2, 0.25) is 0 Å². The molecule has 3 N–H and O–H groups in total. The quantitative estimate of drug-likeness (QED) is 0.538. The Morgan fingerprint density at radius 2 is 2.06 bits per heavy atom. The van der Waals surface area contributed by atoms with Gasteiger partial charge in [0.15, 0.2) is 0 Å². The van der Waals surface area contributed by atoms with Crippen LogP contribution in [0.15, 0.2) is 24.3 Å². The number of ether oxygens (including phenoxy) is 2. The van der Waals surface area contributed by atoms with Crippen molar-refractivity contribution in [2.24, 2.45) is 5.84 Å². The Morgan fingerprint density at radius 1 is 1.31 bits per heavy atom. The Kier molecular flexibility index (Phi) is 5.85. The molecule has 16 heavy (non-hydrogen) atoms. The van der Waals surface area contributed by atoms with Gasteiger partial charge in [-0.1, -0.05) is 18.2 Å². The van der Waals surface area contributed by atoms with Gasteiger partial charge in [-0.2, -0.15) is 0 Å². The largest absolute Gasteiger partial charge is 0.496 e. The lowest BCUT2D eigenvalue weighted by atomic mass is 10.0. The maximum atomic E-state index is 5.51. The van der Waals surface area contributed by atoms with Crippen LogP contribution in [0.3, 0.4) is 0 Å². The third-order valence-electron chi connectivity index (χ3n) is 2.56. The molecule has 0 saturated carbocycles. The first kappa shape index (κ1) is 13.0. The number of hydrogen-bond donors (Lipinski definition) is 2. The van der Waals surface area contributed by atoms with Crippen molar-refractivity contribution in [1.29, 1.82) is 0 Å². The first-order valence-electron chi connectivity index (χ1n) is 5.38. The molecule has 1 atom stereocenters. The molecule has 0 aliphatic carbocycles. The molecule has 4 nitrogen and oxygen atoms in total. The zero-order valence-corrected chi connectivity index (χ0v) is 9.90. The van der Waals surface area contributed by atoms with Crippen LogP contribution in [0.4, 0.5) is 0 Å². The first-order chi connectivity index (χ1) is 7.81. The molecule has 0 aliphatic heterocycles. The van der Waals surface area contributed by atoms with Gasteiger partial charge in [-0.15, -0.1) is 0 Å². The van der Waals surface area contributed by atoms with Crippen LogP contribution in [0.1, 0.15) is 12.0 Å². The van der Waals surface area contributed by atoms with Crippen LogP contribution < -0.4 is 16.0 Å². The Morgan fingerprint density at radius 3 is 2.69 bits per heavy atom. The topological polar surface area (TPSA) is 56.5 Å².